The summed E-state index contributed by atoms with van der Waals surface area (Å²) in [6.07, 6.45) is 2.42. The van der Waals surface area contributed by atoms with Gasteiger partial charge in [0, 0.05) is 6.20 Å². The normalized spacial score (nSPS) is 9.93. The molecule has 0 spiro atoms. The zero-order chi connectivity index (χ0) is 10.7. The van der Waals surface area contributed by atoms with Crippen LogP contribution < -0.4 is 0 Å². The summed E-state index contributed by atoms with van der Waals surface area (Å²) in [4.78, 5) is 14.6. The summed E-state index contributed by atoms with van der Waals surface area (Å²) < 4.78 is 0. The largest absolute Gasteiger partial charge is 0.296 e. The Morgan fingerprint density at radius 2 is 2.00 bits per heavy atom. The minimum Gasteiger partial charge on any atom is -0.296 e. The summed E-state index contributed by atoms with van der Waals surface area (Å²) in [6.45, 7) is 2.05. The molecule has 2 nitrogen and oxygen atoms in total. The van der Waals surface area contributed by atoms with Gasteiger partial charge in [-0.25, -0.2) is 0 Å². The highest BCUT2D eigenvalue weighted by molar-refractivity contribution is 5.76. The van der Waals surface area contributed by atoms with Crippen molar-refractivity contribution in [1.29, 1.82) is 0 Å². The number of pyridine rings is 1. The Morgan fingerprint density at radius 1 is 1.20 bits per heavy atom. The molecule has 0 atom stereocenters. The Kier molecular flexibility index (Phi) is 2.59. The van der Waals surface area contributed by atoms with Crippen molar-refractivity contribution in [3.05, 3.63) is 53.9 Å². The SMILES string of the molecule is Cc1ccccc1-c1ccnc(C=O)c1. The minimum absolute atomic E-state index is 0.468. The van der Waals surface area contributed by atoms with E-state index in [1.807, 2.05) is 24.3 Å². The smallest absolute Gasteiger partial charge is 0.168 e. The molecular formula is C13H11NO. The van der Waals surface area contributed by atoms with E-state index >= 15 is 0 Å². The number of aromatic nitrogens is 1. The fraction of sp³-hybridized carbons (Fsp3) is 0.0769. The summed E-state index contributed by atoms with van der Waals surface area (Å²) in [5.74, 6) is 0. The van der Waals surface area contributed by atoms with Gasteiger partial charge in [0.25, 0.3) is 0 Å². The molecule has 0 N–H and O–H groups in total. The molecule has 15 heavy (non-hydrogen) atoms. The van der Waals surface area contributed by atoms with Gasteiger partial charge in [-0.05, 0) is 35.7 Å². The summed E-state index contributed by atoms with van der Waals surface area (Å²) >= 11 is 0. The van der Waals surface area contributed by atoms with Gasteiger partial charge in [0.15, 0.2) is 6.29 Å². The highest BCUT2D eigenvalue weighted by Gasteiger charge is 2.01. The molecule has 0 bridgehead atoms. The second-order valence-corrected chi connectivity index (χ2v) is 3.40. The van der Waals surface area contributed by atoms with Crippen LogP contribution in [0.2, 0.25) is 0 Å². The summed E-state index contributed by atoms with van der Waals surface area (Å²) in [5, 5.41) is 0. The summed E-state index contributed by atoms with van der Waals surface area (Å²) in [7, 11) is 0. The first-order valence-electron chi connectivity index (χ1n) is 4.78. The number of aldehydes is 1. The van der Waals surface area contributed by atoms with Gasteiger partial charge in [-0.2, -0.15) is 0 Å². The molecule has 2 heteroatoms. The van der Waals surface area contributed by atoms with Crippen LogP contribution >= 0.6 is 0 Å². The van der Waals surface area contributed by atoms with Gasteiger partial charge in [-0.15, -0.1) is 0 Å². The van der Waals surface area contributed by atoms with E-state index in [2.05, 4.69) is 18.0 Å². The van der Waals surface area contributed by atoms with E-state index in [-0.39, 0.29) is 0 Å². The van der Waals surface area contributed by atoms with E-state index in [9.17, 15) is 4.79 Å². The Morgan fingerprint density at radius 3 is 2.73 bits per heavy atom. The van der Waals surface area contributed by atoms with Crippen LogP contribution in [0.5, 0.6) is 0 Å². The Balaban J connectivity index is 2.54. The summed E-state index contributed by atoms with van der Waals surface area (Å²) in [6, 6.07) is 11.8. The van der Waals surface area contributed by atoms with Crippen LogP contribution in [0.25, 0.3) is 11.1 Å². The average molecular weight is 197 g/mol. The van der Waals surface area contributed by atoms with Gasteiger partial charge in [0.1, 0.15) is 5.69 Å². The van der Waals surface area contributed by atoms with Crippen molar-refractivity contribution in [3.63, 3.8) is 0 Å². The zero-order valence-electron chi connectivity index (χ0n) is 8.47. The third-order valence-corrected chi connectivity index (χ3v) is 2.36. The lowest BCUT2D eigenvalue weighted by molar-refractivity contribution is 0.111. The lowest BCUT2D eigenvalue weighted by atomic mass is 10.0. The van der Waals surface area contributed by atoms with E-state index in [0.29, 0.717) is 5.69 Å². The highest BCUT2D eigenvalue weighted by atomic mass is 16.1. The lowest BCUT2D eigenvalue weighted by Gasteiger charge is -2.05. The Labute approximate surface area is 88.6 Å². The third-order valence-electron chi connectivity index (χ3n) is 2.36. The number of carbonyl (C=O) groups excluding carboxylic acids is 1. The molecule has 2 rings (SSSR count). The molecule has 2 aromatic rings. The highest BCUT2D eigenvalue weighted by Crippen LogP contribution is 2.22. The van der Waals surface area contributed by atoms with Crippen LogP contribution in [0.1, 0.15) is 16.1 Å². The fourth-order valence-corrected chi connectivity index (χ4v) is 1.58. The molecule has 0 fully saturated rings. The van der Waals surface area contributed by atoms with E-state index in [1.165, 1.54) is 5.56 Å². The quantitative estimate of drug-likeness (QED) is 0.693. The van der Waals surface area contributed by atoms with E-state index in [4.69, 9.17) is 0 Å². The predicted molar refractivity (Wildman–Crippen MR) is 59.8 cm³/mol. The number of hydrogen-bond donors (Lipinski definition) is 0. The maximum absolute atomic E-state index is 10.6. The van der Waals surface area contributed by atoms with Gasteiger partial charge in [0.2, 0.25) is 0 Å². The van der Waals surface area contributed by atoms with Crippen LogP contribution in [-0.4, -0.2) is 11.3 Å². The molecule has 0 aliphatic rings. The van der Waals surface area contributed by atoms with Crippen molar-refractivity contribution in [2.45, 2.75) is 6.92 Å². The topological polar surface area (TPSA) is 30.0 Å². The van der Waals surface area contributed by atoms with Crippen molar-refractivity contribution in [2.24, 2.45) is 0 Å². The molecule has 1 aromatic heterocycles. The first-order chi connectivity index (χ1) is 7.31. The van der Waals surface area contributed by atoms with Crippen LogP contribution in [-0.2, 0) is 0 Å². The first-order valence-corrected chi connectivity index (χ1v) is 4.78. The number of hydrogen-bond acceptors (Lipinski definition) is 2. The van der Waals surface area contributed by atoms with Crippen molar-refractivity contribution < 1.29 is 4.79 Å². The lowest BCUT2D eigenvalue weighted by Crippen LogP contribution is -1.88. The van der Waals surface area contributed by atoms with Crippen molar-refractivity contribution in [2.75, 3.05) is 0 Å². The molecule has 1 aromatic carbocycles. The maximum Gasteiger partial charge on any atom is 0.168 e. The molecular weight excluding hydrogens is 186 g/mol. The molecule has 74 valence electrons. The molecule has 0 amide bonds. The van der Waals surface area contributed by atoms with Gasteiger partial charge in [0.05, 0.1) is 0 Å². The van der Waals surface area contributed by atoms with Crippen LogP contribution in [0.4, 0.5) is 0 Å². The summed E-state index contributed by atoms with van der Waals surface area (Å²) in [5.41, 5.74) is 3.84. The van der Waals surface area contributed by atoms with Crippen molar-refractivity contribution >= 4 is 6.29 Å². The van der Waals surface area contributed by atoms with Gasteiger partial charge < -0.3 is 0 Å². The number of carbonyl (C=O) groups is 1. The third kappa shape index (κ3) is 1.94. The molecule has 0 aliphatic carbocycles. The Hall–Kier alpha value is -1.96. The monoisotopic (exact) mass is 197 g/mol. The van der Waals surface area contributed by atoms with Crippen LogP contribution in [0.15, 0.2) is 42.6 Å². The van der Waals surface area contributed by atoms with E-state index in [1.54, 1.807) is 12.3 Å². The molecule has 0 unspecified atom stereocenters. The number of aryl methyl sites for hydroxylation is 1. The molecule has 1 heterocycles. The van der Waals surface area contributed by atoms with Crippen LogP contribution in [0.3, 0.4) is 0 Å². The van der Waals surface area contributed by atoms with Gasteiger partial charge >= 0.3 is 0 Å². The van der Waals surface area contributed by atoms with Crippen molar-refractivity contribution in [3.8, 4) is 11.1 Å². The molecule has 0 radical (unpaired) electrons. The van der Waals surface area contributed by atoms with Crippen LogP contribution in [0, 0.1) is 6.92 Å². The second-order valence-electron chi connectivity index (χ2n) is 3.40. The number of nitrogens with zero attached hydrogens (tertiary/aromatic N) is 1. The first kappa shape index (κ1) is 9.59. The average Bonchev–Trinajstić information content (AvgIpc) is 2.30. The number of benzene rings is 1. The predicted octanol–water partition coefficient (Wildman–Crippen LogP) is 2.87. The number of rotatable bonds is 2. The van der Waals surface area contributed by atoms with Gasteiger partial charge in [-0.1, -0.05) is 24.3 Å². The Bertz CT molecular complexity index is 491. The standard InChI is InChI=1S/C13H11NO/c1-10-4-2-3-5-13(10)11-6-7-14-12(8-11)9-15/h2-9H,1H3. The molecule has 0 saturated heterocycles. The maximum atomic E-state index is 10.6. The minimum atomic E-state index is 0.468. The van der Waals surface area contributed by atoms with Gasteiger partial charge in [-0.3, -0.25) is 9.78 Å². The van der Waals surface area contributed by atoms with Crippen molar-refractivity contribution in [1.82, 2.24) is 4.98 Å². The second kappa shape index (κ2) is 4.05. The fourth-order valence-electron chi connectivity index (χ4n) is 1.58. The zero-order valence-corrected chi connectivity index (χ0v) is 8.47. The molecule has 0 aliphatic heterocycles. The van der Waals surface area contributed by atoms with E-state index in [0.717, 1.165) is 17.4 Å². The van der Waals surface area contributed by atoms with E-state index < -0.39 is 0 Å². The molecule has 0 saturated carbocycles.